The monoisotopic (exact) mass is 420 g/mol. The molecule has 0 unspecified atom stereocenters. The van der Waals surface area contributed by atoms with Gasteiger partial charge in [0.1, 0.15) is 5.82 Å². The van der Waals surface area contributed by atoms with Crippen molar-refractivity contribution in [3.8, 4) is 11.3 Å². The van der Waals surface area contributed by atoms with Crippen molar-refractivity contribution in [3.05, 3.63) is 88.6 Å². The van der Waals surface area contributed by atoms with Crippen LogP contribution >= 0.6 is 15.9 Å². The van der Waals surface area contributed by atoms with E-state index < -0.39 is 0 Å². The van der Waals surface area contributed by atoms with Gasteiger partial charge in [-0.15, -0.1) is 0 Å². The number of halogens is 2. The zero-order valence-corrected chi connectivity index (χ0v) is 15.7. The lowest BCUT2D eigenvalue weighted by Gasteiger charge is -2.09. The fraction of sp³-hybridized carbons (Fsp3) is 0. The summed E-state index contributed by atoms with van der Waals surface area (Å²) in [6, 6.07) is 22.1. The van der Waals surface area contributed by atoms with E-state index in [9.17, 15) is 4.39 Å². The Morgan fingerprint density at radius 2 is 1.70 bits per heavy atom. The van der Waals surface area contributed by atoms with Crippen molar-refractivity contribution in [2.24, 2.45) is 5.10 Å². The maximum absolute atomic E-state index is 13.7. The van der Waals surface area contributed by atoms with Gasteiger partial charge in [-0.2, -0.15) is 5.10 Å². The van der Waals surface area contributed by atoms with Gasteiger partial charge in [0, 0.05) is 21.0 Å². The molecule has 1 N–H and O–H groups in total. The molecule has 0 aliphatic heterocycles. The summed E-state index contributed by atoms with van der Waals surface area (Å²) in [5, 5.41) is 5.01. The van der Waals surface area contributed by atoms with Gasteiger partial charge >= 0.3 is 0 Å². The molecular formula is C21H14BrFN4. The number of hydrogen-bond acceptors (Lipinski definition) is 4. The van der Waals surface area contributed by atoms with Crippen LogP contribution in [0.3, 0.4) is 0 Å². The lowest BCUT2D eigenvalue weighted by atomic mass is 10.1. The van der Waals surface area contributed by atoms with E-state index in [1.54, 1.807) is 18.2 Å². The molecule has 0 bridgehead atoms. The molecule has 132 valence electrons. The molecule has 0 radical (unpaired) electrons. The van der Waals surface area contributed by atoms with Crippen LogP contribution in [0.1, 0.15) is 5.56 Å². The van der Waals surface area contributed by atoms with Crippen LogP contribution in [0.15, 0.2) is 82.4 Å². The standard InChI is InChI=1S/C21H14BrFN4/c22-16-10-11-19-17(12-16)20(14-6-2-1-3-7-14)26-21(25-19)27-24-13-15-8-4-5-9-18(15)23/h1-13H,(H,25,26,27)/b24-13-. The first-order valence-electron chi connectivity index (χ1n) is 8.27. The first-order valence-corrected chi connectivity index (χ1v) is 9.06. The van der Waals surface area contributed by atoms with Crippen molar-refractivity contribution in [1.29, 1.82) is 0 Å². The molecule has 0 atom stereocenters. The Morgan fingerprint density at radius 1 is 0.926 bits per heavy atom. The Bertz CT molecular complexity index is 1130. The molecule has 4 nitrogen and oxygen atoms in total. The third-order valence-corrected chi connectivity index (χ3v) is 4.47. The number of nitrogens with one attached hydrogen (secondary N) is 1. The molecule has 0 saturated carbocycles. The van der Waals surface area contributed by atoms with Crippen molar-refractivity contribution in [2.45, 2.75) is 0 Å². The molecule has 1 aromatic heterocycles. The fourth-order valence-corrected chi connectivity index (χ4v) is 3.07. The number of anilines is 1. The molecule has 0 aliphatic rings. The minimum Gasteiger partial charge on any atom is -0.245 e. The fourth-order valence-electron chi connectivity index (χ4n) is 2.71. The van der Waals surface area contributed by atoms with Crippen LogP contribution in [0.5, 0.6) is 0 Å². The Morgan fingerprint density at radius 3 is 2.52 bits per heavy atom. The molecular weight excluding hydrogens is 407 g/mol. The van der Waals surface area contributed by atoms with Crippen LogP contribution in [0.2, 0.25) is 0 Å². The van der Waals surface area contributed by atoms with Gasteiger partial charge in [0.2, 0.25) is 5.95 Å². The van der Waals surface area contributed by atoms with E-state index in [0.29, 0.717) is 11.5 Å². The Kier molecular flexibility index (Phi) is 4.89. The summed E-state index contributed by atoms with van der Waals surface area (Å²) < 4.78 is 14.6. The number of hydrogen-bond donors (Lipinski definition) is 1. The highest BCUT2D eigenvalue weighted by molar-refractivity contribution is 9.10. The Hall–Kier alpha value is -3.12. The van der Waals surface area contributed by atoms with Crippen molar-refractivity contribution >= 4 is 39.0 Å². The molecule has 0 spiro atoms. The normalized spacial score (nSPS) is 11.2. The van der Waals surface area contributed by atoms with E-state index in [1.165, 1.54) is 12.3 Å². The van der Waals surface area contributed by atoms with Gasteiger partial charge in [0.05, 0.1) is 17.4 Å². The van der Waals surface area contributed by atoms with Gasteiger partial charge in [-0.3, -0.25) is 0 Å². The molecule has 27 heavy (non-hydrogen) atoms. The number of fused-ring (bicyclic) bond motifs is 1. The summed E-state index contributed by atoms with van der Waals surface area (Å²) in [6.45, 7) is 0. The van der Waals surface area contributed by atoms with Gasteiger partial charge in [-0.1, -0.05) is 64.5 Å². The Labute approximate surface area is 163 Å². The second kappa shape index (κ2) is 7.63. The smallest absolute Gasteiger partial charge is 0.244 e. The maximum Gasteiger partial charge on any atom is 0.244 e. The molecule has 4 aromatic rings. The number of hydrazone groups is 1. The summed E-state index contributed by atoms with van der Waals surface area (Å²) in [5.74, 6) is 0.00793. The van der Waals surface area contributed by atoms with Crippen LogP contribution in [0.25, 0.3) is 22.2 Å². The van der Waals surface area contributed by atoms with Gasteiger partial charge in [-0.05, 0) is 24.3 Å². The molecule has 3 aromatic carbocycles. The zero-order chi connectivity index (χ0) is 18.6. The van der Waals surface area contributed by atoms with Crippen LogP contribution in [-0.2, 0) is 0 Å². The molecule has 1 heterocycles. The highest BCUT2D eigenvalue weighted by atomic mass is 79.9. The number of rotatable bonds is 4. The van der Waals surface area contributed by atoms with Gasteiger partial charge in [0.15, 0.2) is 0 Å². The molecule has 0 fully saturated rings. The summed E-state index contributed by atoms with van der Waals surface area (Å²) in [4.78, 5) is 9.12. The van der Waals surface area contributed by atoms with E-state index in [1.807, 2.05) is 48.5 Å². The maximum atomic E-state index is 13.7. The summed E-state index contributed by atoms with van der Waals surface area (Å²) >= 11 is 3.50. The first-order chi connectivity index (χ1) is 13.2. The van der Waals surface area contributed by atoms with E-state index in [0.717, 1.165) is 26.6 Å². The van der Waals surface area contributed by atoms with Crippen LogP contribution < -0.4 is 5.43 Å². The highest BCUT2D eigenvalue weighted by Crippen LogP contribution is 2.29. The second-order valence-corrected chi connectivity index (χ2v) is 6.73. The van der Waals surface area contributed by atoms with E-state index in [-0.39, 0.29) is 5.82 Å². The Balaban J connectivity index is 1.74. The van der Waals surface area contributed by atoms with E-state index in [2.05, 4.69) is 36.4 Å². The predicted molar refractivity (Wildman–Crippen MR) is 110 cm³/mol. The summed E-state index contributed by atoms with van der Waals surface area (Å²) in [5.41, 5.74) is 5.75. The van der Waals surface area contributed by atoms with Gasteiger partial charge in [0.25, 0.3) is 0 Å². The minimum absolute atomic E-state index is 0.336. The van der Waals surface area contributed by atoms with Crippen molar-refractivity contribution in [2.75, 3.05) is 5.43 Å². The zero-order valence-electron chi connectivity index (χ0n) is 14.1. The van der Waals surface area contributed by atoms with E-state index >= 15 is 0 Å². The summed E-state index contributed by atoms with van der Waals surface area (Å²) in [7, 11) is 0. The van der Waals surface area contributed by atoms with Crippen LogP contribution in [-0.4, -0.2) is 16.2 Å². The lowest BCUT2D eigenvalue weighted by molar-refractivity contribution is 0.626. The lowest BCUT2D eigenvalue weighted by Crippen LogP contribution is -2.00. The van der Waals surface area contributed by atoms with Crippen molar-refractivity contribution < 1.29 is 4.39 Å². The van der Waals surface area contributed by atoms with Crippen LogP contribution in [0, 0.1) is 5.82 Å². The summed E-state index contributed by atoms with van der Waals surface area (Å²) in [6.07, 6.45) is 1.41. The SMILES string of the molecule is Fc1ccccc1/C=N\Nc1nc(-c2ccccc2)c2cc(Br)ccc2n1. The average molecular weight is 421 g/mol. The minimum atomic E-state index is -0.336. The number of benzene rings is 3. The molecule has 6 heteroatoms. The highest BCUT2D eigenvalue weighted by Gasteiger charge is 2.10. The van der Waals surface area contributed by atoms with Crippen molar-refractivity contribution in [3.63, 3.8) is 0 Å². The van der Waals surface area contributed by atoms with Crippen LogP contribution in [0.4, 0.5) is 10.3 Å². The largest absolute Gasteiger partial charge is 0.245 e. The first kappa shape index (κ1) is 17.3. The molecule has 0 aliphatic carbocycles. The van der Waals surface area contributed by atoms with Gasteiger partial charge < -0.3 is 0 Å². The number of nitrogens with zero attached hydrogens (tertiary/aromatic N) is 3. The van der Waals surface area contributed by atoms with Crippen molar-refractivity contribution in [1.82, 2.24) is 9.97 Å². The molecule has 0 amide bonds. The predicted octanol–water partition coefficient (Wildman–Crippen LogP) is 5.64. The second-order valence-electron chi connectivity index (χ2n) is 5.81. The third kappa shape index (κ3) is 3.85. The average Bonchev–Trinajstić information content (AvgIpc) is 2.70. The topological polar surface area (TPSA) is 50.2 Å². The van der Waals surface area contributed by atoms with Gasteiger partial charge in [-0.25, -0.2) is 19.8 Å². The third-order valence-electron chi connectivity index (χ3n) is 3.98. The molecule has 0 saturated heterocycles. The molecule has 4 rings (SSSR count). The van der Waals surface area contributed by atoms with E-state index in [4.69, 9.17) is 0 Å². The quantitative estimate of drug-likeness (QED) is 0.343. The number of aromatic nitrogens is 2.